The summed E-state index contributed by atoms with van der Waals surface area (Å²) < 4.78 is 0. The molecule has 0 aliphatic rings. The predicted octanol–water partition coefficient (Wildman–Crippen LogP) is 5.10. The fourth-order valence-corrected chi connectivity index (χ4v) is 4.75. The van der Waals surface area contributed by atoms with Crippen LogP contribution in [0.4, 0.5) is 0 Å². The van der Waals surface area contributed by atoms with Gasteiger partial charge in [0.15, 0.2) is 0 Å². The lowest BCUT2D eigenvalue weighted by Gasteiger charge is -2.15. The molecule has 226 valence electrons. The zero-order valence-corrected chi connectivity index (χ0v) is 24.7. The number of carbonyl (C=O) groups is 3. The first-order chi connectivity index (χ1) is 19.3. The summed E-state index contributed by atoms with van der Waals surface area (Å²) in [5.41, 5.74) is 0.481. The second-order valence-corrected chi connectivity index (χ2v) is 10.9. The summed E-state index contributed by atoms with van der Waals surface area (Å²) in [4.78, 5) is 36.0. The van der Waals surface area contributed by atoms with Gasteiger partial charge in [0.1, 0.15) is 6.04 Å². The zero-order chi connectivity index (χ0) is 29.4. The Balaban J connectivity index is 2.01. The molecule has 1 rings (SSSR count). The number of carbonyl (C=O) groups excluding carboxylic acids is 2. The van der Waals surface area contributed by atoms with E-state index in [1.165, 1.54) is 108 Å². The molecule has 0 saturated heterocycles. The van der Waals surface area contributed by atoms with E-state index in [1.54, 1.807) is 0 Å². The topological polar surface area (TPSA) is 136 Å². The molecule has 8 nitrogen and oxygen atoms in total. The molecule has 2 amide bonds. The molecule has 0 saturated carbocycles. The number of carboxylic acid groups (broad SMARTS) is 1. The molecule has 1 aromatic rings. The minimum Gasteiger partial charge on any atom is -0.480 e. The number of rotatable bonds is 25. The standard InChI is InChI=1S/C31H53BN2O6/c1-2-3-4-5-6-7-8-9-10-11-12-13-14-15-16-20-29(35)33-25-18-17-19-28(31(37)38)34-30(36)26-21-23-27(24-22-26)32(39)40/h21-24,28,39-40H,2-20,25H2,1H3,(H,33,35)(H,34,36)(H,37,38). The van der Waals surface area contributed by atoms with Crippen molar-refractivity contribution >= 4 is 30.4 Å². The Hall–Kier alpha value is -2.39. The highest BCUT2D eigenvalue weighted by molar-refractivity contribution is 6.58. The minimum absolute atomic E-state index is 0.0363. The monoisotopic (exact) mass is 560 g/mol. The van der Waals surface area contributed by atoms with E-state index < -0.39 is 25.0 Å². The van der Waals surface area contributed by atoms with E-state index in [1.807, 2.05) is 0 Å². The maximum atomic E-state index is 12.3. The molecule has 0 aliphatic carbocycles. The molecule has 40 heavy (non-hydrogen) atoms. The number of hydrogen-bond acceptors (Lipinski definition) is 5. The molecule has 5 N–H and O–H groups in total. The van der Waals surface area contributed by atoms with Crippen molar-refractivity contribution in [2.24, 2.45) is 0 Å². The highest BCUT2D eigenvalue weighted by Gasteiger charge is 2.20. The number of hydrogen-bond donors (Lipinski definition) is 5. The number of unbranched alkanes of at least 4 members (excludes halogenated alkanes) is 15. The number of aliphatic carboxylic acids is 1. The lowest BCUT2D eigenvalue weighted by atomic mass is 9.80. The average Bonchev–Trinajstić information content (AvgIpc) is 2.94. The molecule has 0 bridgehead atoms. The second-order valence-electron chi connectivity index (χ2n) is 10.9. The number of carboxylic acids is 1. The number of benzene rings is 1. The fraction of sp³-hybridized carbons (Fsp3) is 0.710. The van der Waals surface area contributed by atoms with Gasteiger partial charge in [-0.2, -0.15) is 0 Å². The second kappa shape index (κ2) is 23.3. The summed E-state index contributed by atoms with van der Waals surface area (Å²) >= 11 is 0. The highest BCUT2D eigenvalue weighted by Crippen LogP contribution is 2.14. The van der Waals surface area contributed by atoms with Gasteiger partial charge in [-0.3, -0.25) is 9.59 Å². The van der Waals surface area contributed by atoms with Crippen LogP contribution in [0.15, 0.2) is 24.3 Å². The Labute approximate surface area is 241 Å². The molecule has 0 fully saturated rings. The van der Waals surface area contributed by atoms with Gasteiger partial charge in [0.25, 0.3) is 5.91 Å². The normalized spacial score (nSPS) is 11.7. The lowest BCUT2D eigenvalue weighted by Crippen LogP contribution is -2.41. The maximum Gasteiger partial charge on any atom is 0.488 e. The lowest BCUT2D eigenvalue weighted by molar-refractivity contribution is -0.139. The third-order valence-corrected chi connectivity index (χ3v) is 7.32. The quantitative estimate of drug-likeness (QED) is 0.0834. The van der Waals surface area contributed by atoms with Gasteiger partial charge in [-0.1, -0.05) is 109 Å². The summed E-state index contributed by atoms with van der Waals surface area (Å²) in [6, 6.07) is 4.59. The number of amides is 2. The van der Waals surface area contributed by atoms with Gasteiger partial charge in [-0.05, 0) is 43.3 Å². The van der Waals surface area contributed by atoms with E-state index >= 15 is 0 Å². The Morgan fingerprint density at radius 1 is 0.725 bits per heavy atom. The third kappa shape index (κ3) is 18.1. The number of nitrogens with one attached hydrogen (secondary N) is 2. The molecule has 0 heterocycles. The Bertz CT molecular complexity index is 819. The third-order valence-electron chi connectivity index (χ3n) is 7.32. The zero-order valence-electron chi connectivity index (χ0n) is 24.7. The first-order valence-corrected chi connectivity index (χ1v) is 15.6. The summed E-state index contributed by atoms with van der Waals surface area (Å²) in [5.74, 6) is -1.62. The smallest absolute Gasteiger partial charge is 0.480 e. The van der Waals surface area contributed by atoms with Crippen molar-refractivity contribution in [2.45, 2.75) is 135 Å². The van der Waals surface area contributed by atoms with E-state index in [9.17, 15) is 19.5 Å². The van der Waals surface area contributed by atoms with Crippen LogP contribution in [0.25, 0.3) is 0 Å². The van der Waals surface area contributed by atoms with Gasteiger partial charge in [-0.25, -0.2) is 4.79 Å². The molecular weight excluding hydrogens is 507 g/mol. The first kappa shape index (κ1) is 35.6. The largest absolute Gasteiger partial charge is 0.488 e. The SMILES string of the molecule is CCCCCCCCCCCCCCCCCC(=O)NCCCCC(NC(=O)c1ccc(B(O)O)cc1)C(=O)O. The van der Waals surface area contributed by atoms with Crippen molar-refractivity contribution in [3.8, 4) is 0 Å². The Morgan fingerprint density at radius 3 is 1.70 bits per heavy atom. The van der Waals surface area contributed by atoms with Crippen molar-refractivity contribution < 1.29 is 29.5 Å². The van der Waals surface area contributed by atoms with Crippen molar-refractivity contribution in [2.75, 3.05) is 6.54 Å². The van der Waals surface area contributed by atoms with Crippen LogP contribution in [0, 0.1) is 0 Å². The van der Waals surface area contributed by atoms with Gasteiger partial charge in [0.05, 0.1) is 0 Å². The molecule has 1 atom stereocenters. The van der Waals surface area contributed by atoms with Gasteiger partial charge >= 0.3 is 13.1 Å². The molecule has 1 aromatic carbocycles. The van der Waals surface area contributed by atoms with Gasteiger partial charge < -0.3 is 25.8 Å². The molecule has 0 aliphatic heterocycles. The van der Waals surface area contributed by atoms with E-state index in [0.717, 1.165) is 12.8 Å². The fourth-order valence-electron chi connectivity index (χ4n) is 4.75. The highest BCUT2D eigenvalue weighted by atomic mass is 16.4. The summed E-state index contributed by atoms with van der Waals surface area (Å²) in [5, 5.41) is 33.1. The minimum atomic E-state index is -1.63. The van der Waals surface area contributed by atoms with Crippen LogP contribution in [-0.4, -0.2) is 52.6 Å². The van der Waals surface area contributed by atoms with Crippen LogP contribution >= 0.6 is 0 Å². The molecule has 9 heteroatoms. The molecule has 0 radical (unpaired) electrons. The van der Waals surface area contributed by atoms with E-state index in [-0.39, 0.29) is 23.4 Å². The van der Waals surface area contributed by atoms with Gasteiger partial charge in [-0.15, -0.1) is 0 Å². The van der Waals surface area contributed by atoms with Crippen LogP contribution < -0.4 is 16.1 Å². The van der Waals surface area contributed by atoms with Gasteiger partial charge in [0.2, 0.25) is 5.91 Å². The van der Waals surface area contributed by atoms with E-state index in [0.29, 0.717) is 25.8 Å². The van der Waals surface area contributed by atoms with Crippen molar-refractivity contribution in [3.05, 3.63) is 29.8 Å². The maximum absolute atomic E-state index is 12.3. The van der Waals surface area contributed by atoms with E-state index in [4.69, 9.17) is 10.0 Å². The summed E-state index contributed by atoms with van der Waals surface area (Å²) in [6.07, 6.45) is 21.4. The van der Waals surface area contributed by atoms with Crippen molar-refractivity contribution in [3.63, 3.8) is 0 Å². The van der Waals surface area contributed by atoms with Crippen LogP contribution in [0.5, 0.6) is 0 Å². The molecule has 1 unspecified atom stereocenters. The van der Waals surface area contributed by atoms with Gasteiger partial charge in [0, 0.05) is 18.5 Å². The predicted molar refractivity (Wildman–Crippen MR) is 162 cm³/mol. The van der Waals surface area contributed by atoms with Crippen LogP contribution in [0.2, 0.25) is 0 Å². The van der Waals surface area contributed by atoms with E-state index in [2.05, 4.69) is 17.6 Å². The summed E-state index contributed by atoms with van der Waals surface area (Å²) in [7, 11) is -1.63. The van der Waals surface area contributed by atoms with Crippen LogP contribution in [-0.2, 0) is 9.59 Å². The Kier molecular flexibility index (Phi) is 20.8. The molecule has 0 aromatic heterocycles. The first-order valence-electron chi connectivity index (χ1n) is 15.6. The van der Waals surface area contributed by atoms with Crippen molar-refractivity contribution in [1.29, 1.82) is 0 Å². The molecular formula is C31H53BN2O6. The Morgan fingerprint density at radius 2 is 1.23 bits per heavy atom. The average molecular weight is 561 g/mol. The molecule has 0 spiro atoms. The summed E-state index contributed by atoms with van der Waals surface area (Å²) in [6.45, 7) is 2.75. The van der Waals surface area contributed by atoms with Crippen LogP contribution in [0.3, 0.4) is 0 Å². The van der Waals surface area contributed by atoms with Crippen LogP contribution in [0.1, 0.15) is 139 Å². The van der Waals surface area contributed by atoms with Crippen molar-refractivity contribution in [1.82, 2.24) is 10.6 Å².